The van der Waals surface area contributed by atoms with E-state index in [1.807, 2.05) is 12.1 Å². The van der Waals surface area contributed by atoms with E-state index in [-0.39, 0.29) is 11.3 Å². The summed E-state index contributed by atoms with van der Waals surface area (Å²) in [5.41, 5.74) is 7.06. The van der Waals surface area contributed by atoms with E-state index in [1.54, 1.807) is 12.1 Å². The molecule has 1 heterocycles. The molecule has 1 aromatic heterocycles. The van der Waals surface area contributed by atoms with Gasteiger partial charge in [0, 0.05) is 18.4 Å². The zero-order chi connectivity index (χ0) is 13.3. The molecular formula is C14H17N3O2. The Morgan fingerprint density at radius 3 is 2.63 bits per heavy atom. The molecule has 0 spiro atoms. The molecule has 0 radical (unpaired) electrons. The van der Waals surface area contributed by atoms with E-state index in [0.29, 0.717) is 24.6 Å². The van der Waals surface area contributed by atoms with Gasteiger partial charge in [0.05, 0.1) is 0 Å². The third-order valence-electron chi connectivity index (χ3n) is 3.66. The molecule has 0 saturated heterocycles. The molecule has 0 amide bonds. The number of hydrogen-bond acceptors (Lipinski definition) is 5. The smallest absolute Gasteiger partial charge is 0.228 e. The lowest BCUT2D eigenvalue weighted by Gasteiger charge is -2.36. The van der Waals surface area contributed by atoms with E-state index >= 15 is 0 Å². The highest BCUT2D eigenvalue weighted by Gasteiger charge is 2.34. The van der Waals surface area contributed by atoms with E-state index in [1.165, 1.54) is 6.42 Å². The molecule has 3 rings (SSSR count). The van der Waals surface area contributed by atoms with Crippen molar-refractivity contribution in [3.05, 3.63) is 41.5 Å². The predicted molar refractivity (Wildman–Crippen MR) is 69.7 cm³/mol. The van der Waals surface area contributed by atoms with Gasteiger partial charge in [-0.3, -0.25) is 0 Å². The topological polar surface area (TPSA) is 85.2 Å². The maximum Gasteiger partial charge on any atom is 0.228 e. The molecule has 5 heteroatoms. The van der Waals surface area contributed by atoms with Gasteiger partial charge in [-0.15, -0.1) is 0 Å². The summed E-state index contributed by atoms with van der Waals surface area (Å²) < 4.78 is 5.24. The number of nitrogens with two attached hydrogens (primary N) is 1. The Morgan fingerprint density at radius 1 is 1.26 bits per heavy atom. The molecule has 1 aliphatic rings. The standard InChI is InChI=1S/C14H17N3O2/c15-14(6-1-7-14)9-13-16-12(17-19-13)8-10-2-4-11(18)5-3-10/h2-5,18H,1,6-9,15H2. The largest absolute Gasteiger partial charge is 0.508 e. The van der Waals surface area contributed by atoms with Crippen LogP contribution in [0.4, 0.5) is 0 Å². The quantitative estimate of drug-likeness (QED) is 0.874. The van der Waals surface area contributed by atoms with Crippen LogP contribution in [0.2, 0.25) is 0 Å². The van der Waals surface area contributed by atoms with Crippen LogP contribution < -0.4 is 5.73 Å². The van der Waals surface area contributed by atoms with Crippen molar-refractivity contribution in [3.8, 4) is 5.75 Å². The molecule has 1 aliphatic carbocycles. The average molecular weight is 259 g/mol. The number of aromatic hydroxyl groups is 1. The lowest BCUT2D eigenvalue weighted by Crippen LogP contribution is -2.48. The van der Waals surface area contributed by atoms with Crippen LogP contribution in [0, 0.1) is 0 Å². The zero-order valence-electron chi connectivity index (χ0n) is 10.7. The summed E-state index contributed by atoms with van der Waals surface area (Å²) in [6.45, 7) is 0. The number of phenols is 1. The van der Waals surface area contributed by atoms with Crippen molar-refractivity contribution < 1.29 is 9.63 Å². The molecule has 2 aromatic rings. The maximum absolute atomic E-state index is 9.22. The highest BCUT2D eigenvalue weighted by molar-refractivity contribution is 5.27. The average Bonchev–Trinajstić information content (AvgIpc) is 2.77. The van der Waals surface area contributed by atoms with Crippen molar-refractivity contribution in [3.63, 3.8) is 0 Å². The fourth-order valence-electron chi connectivity index (χ4n) is 2.34. The number of benzene rings is 1. The highest BCUT2D eigenvalue weighted by Crippen LogP contribution is 2.31. The van der Waals surface area contributed by atoms with Crippen LogP contribution in [0.3, 0.4) is 0 Å². The molecule has 0 atom stereocenters. The van der Waals surface area contributed by atoms with Crippen molar-refractivity contribution in [1.82, 2.24) is 10.1 Å². The van der Waals surface area contributed by atoms with Crippen molar-refractivity contribution in [2.45, 2.75) is 37.6 Å². The zero-order valence-corrected chi connectivity index (χ0v) is 10.7. The Hall–Kier alpha value is -1.88. The van der Waals surface area contributed by atoms with Crippen LogP contribution in [0.15, 0.2) is 28.8 Å². The molecule has 0 unspecified atom stereocenters. The van der Waals surface area contributed by atoms with Crippen LogP contribution in [-0.4, -0.2) is 20.8 Å². The van der Waals surface area contributed by atoms with E-state index < -0.39 is 0 Å². The number of phenolic OH excluding ortho intramolecular Hbond substituents is 1. The summed E-state index contributed by atoms with van der Waals surface area (Å²) >= 11 is 0. The maximum atomic E-state index is 9.22. The minimum Gasteiger partial charge on any atom is -0.508 e. The van der Waals surface area contributed by atoms with Gasteiger partial charge in [0.15, 0.2) is 5.82 Å². The van der Waals surface area contributed by atoms with Gasteiger partial charge in [-0.05, 0) is 37.0 Å². The summed E-state index contributed by atoms with van der Waals surface area (Å²) in [6.07, 6.45) is 4.51. The van der Waals surface area contributed by atoms with Gasteiger partial charge >= 0.3 is 0 Å². The molecular weight excluding hydrogens is 242 g/mol. The van der Waals surface area contributed by atoms with Crippen molar-refractivity contribution in [1.29, 1.82) is 0 Å². The van der Waals surface area contributed by atoms with Crippen LogP contribution in [0.1, 0.15) is 36.5 Å². The lowest BCUT2D eigenvalue weighted by atomic mass is 9.75. The Bertz CT molecular complexity index is 558. The predicted octanol–water partition coefficient (Wildman–Crippen LogP) is 1.79. The van der Waals surface area contributed by atoms with Gasteiger partial charge in [0.1, 0.15) is 5.75 Å². The van der Waals surface area contributed by atoms with Crippen LogP contribution >= 0.6 is 0 Å². The normalized spacial score (nSPS) is 17.1. The minimum atomic E-state index is -0.137. The molecule has 100 valence electrons. The molecule has 0 bridgehead atoms. The second-order valence-corrected chi connectivity index (χ2v) is 5.34. The van der Waals surface area contributed by atoms with Crippen LogP contribution in [0.5, 0.6) is 5.75 Å². The van der Waals surface area contributed by atoms with Gasteiger partial charge in [0.2, 0.25) is 5.89 Å². The molecule has 1 aromatic carbocycles. The Balaban J connectivity index is 1.66. The van der Waals surface area contributed by atoms with Crippen LogP contribution in [0.25, 0.3) is 0 Å². The molecule has 1 saturated carbocycles. The SMILES string of the molecule is NC1(Cc2nc(Cc3ccc(O)cc3)no2)CCC1. The fraction of sp³-hybridized carbons (Fsp3) is 0.429. The molecule has 1 fully saturated rings. The van der Waals surface area contributed by atoms with Crippen molar-refractivity contribution in [2.75, 3.05) is 0 Å². The summed E-state index contributed by atoms with van der Waals surface area (Å²) in [4.78, 5) is 4.37. The first kappa shape index (κ1) is 12.2. The summed E-state index contributed by atoms with van der Waals surface area (Å²) in [7, 11) is 0. The van der Waals surface area contributed by atoms with E-state index in [0.717, 1.165) is 18.4 Å². The summed E-state index contributed by atoms with van der Waals surface area (Å²) in [6, 6.07) is 7.00. The Morgan fingerprint density at radius 2 is 2.00 bits per heavy atom. The molecule has 0 aliphatic heterocycles. The van der Waals surface area contributed by atoms with Gasteiger partial charge in [0.25, 0.3) is 0 Å². The third kappa shape index (κ3) is 2.76. The molecule has 5 nitrogen and oxygen atoms in total. The number of hydrogen-bond donors (Lipinski definition) is 2. The number of aromatic nitrogens is 2. The number of nitrogens with zero attached hydrogens (tertiary/aromatic N) is 2. The Kier molecular flexibility index (Phi) is 2.98. The van der Waals surface area contributed by atoms with E-state index in [4.69, 9.17) is 10.3 Å². The van der Waals surface area contributed by atoms with Crippen molar-refractivity contribution in [2.24, 2.45) is 5.73 Å². The number of rotatable bonds is 4. The third-order valence-corrected chi connectivity index (χ3v) is 3.66. The van der Waals surface area contributed by atoms with Gasteiger partial charge < -0.3 is 15.4 Å². The minimum absolute atomic E-state index is 0.137. The fourth-order valence-corrected chi connectivity index (χ4v) is 2.34. The highest BCUT2D eigenvalue weighted by atomic mass is 16.5. The molecule has 19 heavy (non-hydrogen) atoms. The second-order valence-electron chi connectivity index (χ2n) is 5.34. The first-order valence-electron chi connectivity index (χ1n) is 6.51. The van der Waals surface area contributed by atoms with E-state index in [9.17, 15) is 5.11 Å². The molecule has 3 N–H and O–H groups in total. The van der Waals surface area contributed by atoms with Crippen LogP contribution in [-0.2, 0) is 12.8 Å². The van der Waals surface area contributed by atoms with Crippen molar-refractivity contribution >= 4 is 0 Å². The van der Waals surface area contributed by atoms with E-state index in [2.05, 4.69) is 10.1 Å². The Labute approximate surface area is 111 Å². The van der Waals surface area contributed by atoms with Gasteiger partial charge in [-0.25, -0.2) is 0 Å². The second kappa shape index (κ2) is 4.66. The van der Waals surface area contributed by atoms with Gasteiger partial charge in [-0.2, -0.15) is 4.98 Å². The monoisotopic (exact) mass is 259 g/mol. The summed E-state index contributed by atoms with van der Waals surface area (Å²) in [5, 5.41) is 13.2. The first-order chi connectivity index (χ1) is 9.13. The van der Waals surface area contributed by atoms with Gasteiger partial charge in [-0.1, -0.05) is 17.3 Å². The first-order valence-corrected chi connectivity index (χ1v) is 6.51. The summed E-state index contributed by atoms with van der Waals surface area (Å²) in [5.74, 6) is 1.53. The lowest BCUT2D eigenvalue weighted by molar-refractivity contribution is 0.221.